The van der Waals surface area contributed by atoms with Crippen molar-refractivity contribution in [1.29, 1.82) is 0 Å². The van der Waals surface area contributed by atoms with Crippen molar-refractivity contribution in [2.24, 2.45) is 0 Å². The standard InChI is InChI=1S/C15H25ClN2/c1-5-6-7-10-18(4)15-9-8-13(11-14(15)16)12(2)17-3/h8-9,11-12,17H,5-7,10H2,1-4H3. The lowest BCUT2D eigenvalue weighted by Crippen LogP contribution is -2.19. The van der Waals surface area contributed by atoms with Gasteiger partial charge in [0, 0.05) is 19.6 Å². The van der Waals surface area contributed by atoms with E-state index in [2.05, 4.69) is 49.3 Å². The molecule has 0 spiro atoms. The molecule has 0 aliphatic rings. The molecule has 0 aromatic heterocycles. The van der Waals surface area contributed by atoms with Gasteiger partial charge in [0.1, 0.15) is 0 Å². The quantitative estimate of drug-likeness (QED) is 0.744. The van der Waals surface area contributed by atoms with E-state index >= 15 is 0 Å². The van der Waals surface area contributed by atoms with Crippen molar-refractivity contribution in [3.63, 3.8) is 0 Å². The summed E-state index contributed by atoms with van der Waals surface area (Å²) >= 11 is 6.37. The van der Waals surface area contributed by atoms with Gasteiger partial charge < -0.3 is 10.2 Å². The first kappa shape index (κ1) is 15.3. The van der Waals surface area contributed by atoms with Gasteiger partial charge in [-0.05, 0) is 38.1 Å². The lowest BCUT2D eigenvalue weighted by molar-refractivity contribution is 0.652. The lowest BCUT2D eigenvalue weighted by Gasteiger charge is -2.22. The van der Waals surface area contributed by atoms with Crippen LogP contribution in [0.2, 0.25) is 5.02 Å². The van der Waals surface area contributed by atoms with Crippen LogP contribution in [0.5, 0.6) is 0 Å². The molecule has 0 heterocycles. The fraction of sp³-hybridized carbons (Fsp3) is 0.600. The van der Waals surface area contributed by atoms with Crippen molar-refractivity contribution in [1.82, 2.24) is 5.32 Å². The number of benzene rings is 1. The topological polar surface area (TPSA) is 15.3 Å². The van der Waals surface area contributed by atoms with Crippen LogP contribution in [0.1, 0.15) is 44.7 Å². The van der Waals surface area contributed by atoms with Crippen LogP contribution in [0, 0.1) is 0 Å². The van der Waals surface area contributed by atoms with Gasteiger partial charge in [0.15, 0.2) is 0 Å². The van der Waals surface area contributed by atoms with Crippen molar-refractivity contribution < 1.29 is 0 Å². The van der Waals surface area contributed by atoms with Gasteiger partial charge in [0.2, 0.25) is 0 Å². The molecule has 0 fully saturated rings. The normalized spacial score (nSPS) is 12.5. The van der Waals surface area contributed by atoms with Crippen LogP contribution in [0.4, 0.5) is 5.69 Å². The van der Waals surface area contributed by atoms with E-state index in [0.29, 0.717) is 6.04 Å². The Labute approximate surface area is 116 Å². The van der Waals surface area contributed by atoms with Crippen LogP contribution in [-0.2, 0) is 0 Å². The van der Waals surface area contributed by atoms with Gasteiger partial charge in [-0.2, -0.15) is 0 Å². The van der Waals surface area contributed by atoms with Gasteiger partial charge in [-0.3, -0.25) is 0 Å². The highest BCUT2D eigenvalue weighted by atomic mass is 35.5. The number of hydrogen-bond donors (Lipinski definition) is 1. The second-order valence-electron chi connectivity index (χ2n) is 4.85. The van der Waals surface area contributed by atoms with E-state index in [-0.39, 0.29) is 0 Å². The molecule has 3 heteroatoms. The molecule has 1 rings (SSSR count). The van der Waals surface area contributed by atoms with Gasteiger partial charge in [-0.25, -0.2) is 0 Å². The predicted molar refractivity (Wildman–Crippen MR) is 81.7 cm³/mol. The second kappa shape index (κ2) is 7.65. The van der Waals surface area contributed by atoms with E-state index in [9.17, 15) is 0 Å². The van der Waals surface area contributed by atoms with Crippen LogP contribution in [-0.4, -0.2) is 20.6 Å². The third-order valence-electron chi connectivity index (χ3n) is 3.41. The molecule has 2 nitrogen and oxygen atoms in total. The molecule has 1 atom stereocenters. The summed E-state index contributed by atoms with van der Waals surface area (Å²) in [7, 11) is 4.07. The molecule has 0 amide bonds. The molecular formula is C15H25ClN2. The largest absolute Gasteiger partial charge is 0.373 e. The number of rotatable bonds is 7. The molecule has 0 aliphatic carbocycles. The Kier molecular flexibility index (Phi) is 6.51. The highest BCUT2D eigenvalue weighted by molar-refractivity contribution is 6.33. The number of hydrogen-bond acceptors (Lipinski definition) is 2. The molecule has 1 unspecified atom stereocenters. The summed E-state index contributed by atoms with van der Waals surface area (Å²) in [5.74, 6) is 0. The number of unbranched alkanes of at least 4 members (excludes halogenated alkanes) is 2. The van der Waals surface area contributed by atoms with Gasteiger partial charge in [-0.1, -0.05) is 37.4 Å². The molecule has 0 radical (unpaired) electrons. The van der Waals surface area contributed by atoms with Gasteiger partial charge in [0.05, 0.1) is 10.7 Å². The van der Waals surface area contributed by atoms with Crippen LogP contribution in [0.3, 0.4) is 0 Å². The van der Waals surface area contributed by atoms with E-state index in [1.54, 1.807) is 0 Å². The first-order valence-corrected chi connectivity index (χ1v) is 7.15. The van der Waals surface area contributed by atoms with Crippen molar-refractivity contribution in [3.8, 4) is 0 Å². The van der Waals surface area contributed by atoms with Crippen molar-refractivity contribution in [2.75, 3.05) is 25.5 Å². The molecule has 0 aliphatic heterocycles. The van der Waals surface area contributed by atoms with Gasteiger partial charge >= 0.3 is 0 Å². The second-order valence-corrected chi connectivity index (χ2v) is 5.26. The Bertz CT molecular complexity index is 366. The zero-order valence-corrected chi connectivity index (χ0v) is 12.7. The minimum Gasteiger partial charge on any atom is -0.373 e. The van der Waals surface area contributed by atoms with Crippen molar-refractivity contribution in [2.45, 2.75) is 39.2 Å². The highest BCUT2D eigenvalue weighted by Crippen LogP contribution is 2.28. The summed E-state index contributed by atoms with van der Waals surface area (Å²) in [5.41, 5.74) is 2.35. The van der Waals surface area contributed by atoms with E-state index < -0.39 is 0 Å². The molecule has 1 aromatic rings. The van der Waals surface area contributed by atoms with E-state index in [1.165, 1.54) is 24.8 Å². The molecule has 102 valence electrons. The van der Waals surface area contributed by atoms with E-state index in [4.69, 9.17) is 11.6 Å². The number of halogens is 1. The maximum Gasteiger partial charge on any atom is 0.0642 e. The lowest BCUT2D eigenvalue weighted by atomic mass is 10.1. The first-order valence-electron chi connectivity index (χ1n) is 6.78. The fourth-order valence-electron chi connectivity index (χ4n) is 1.99. The Morgan fingerprint density at radius 2 is 2.06 bits per heavy atom. The molecular weight excluding hydrogens is 244 g/mol. The Morgan fingerprint density at radius 3 is 2.61 bits per heavy atom. The van der Waals surface area contributed by atoms with E-state index in [1.807, 2.05) is 7.05 Å². The summed E-state index contributed by atoms with van der Waals surface area (Å²) in [6, 6.07) is 6.67. The summed E-state index contributed by atoms with van der Waals surface area (Å²) < 4.78 is 0. The minimum absolute atomic E-state index is 0.335. The fourth-order valence-corrected chi connectivity index (χ4v) is 2.32. The maximum atomic E-state index is 6.37. The molecule has 1 aromatic carbocycles. The average molecular weight is 269 g/mol. The number of anilines is 1. The van der Waals surface area contributed by atoms with Gasteiger partial charge in [-0.15, -0.1) is 0 Å². The Hall–Kier alpha value is -0.730. The third-order valence-corrected chi connectivity index (χ3v) is 3.72. The summed E-state index contributed by atoms with van der Waals surface area (Å²) in [4.78, 5) is 2.24. The number of nitrogens with one attached hydrogen (secondary N) is 1. The molecule has 1 N–H and O–H groups in total. The zero-order valence-electron chi connectivity index (χ0n) is 12.0. The third kappa shape index (κ3) is 4.18. The maximum absolute atomic E-state index is 6.37. The van der Waals surface area contributed by atoms with Crippen LogP contribution in [0.15, 0.2) is 18.2 Å². The summed E-state index contributed by atoms with van der Waals surface area (Å²) in [6.07, 6.45) is 3.75. The molecule has 0 saturated carbocycles. The molecule has 0 bridgehead atoms. The van der Waals surface area contributed by atoms with Gasteiger partial charge in [0.25, 0.3) is 0 Å². The van der Waals surface area contributed by atoms with Crippen LogP contribution < -0.4 is 10.2 Å². The van der Waals surface area contributed by atoms with E-state index in [0.717, 1.165) is 17.3 Å². The predicted octanol–water partition coefficient (Wildman–Crippen LogP) is 4.25. The number of nitrogens with zero attached hydrogens (tertiary/aromatic N) is 1. The van der Waals surface area contributed by atoms with Crippen molar-refractivity contribution >= 4 is 17.3 Å². The minimum atomic E-state index is 0.335. The zero-order chi connectivity index (χ0) is 13.5. The monoisotopic (exact) mass is 268 g/mol. The Balaban J connectivity index is 2.72. The molecule has 0 saturated heterocycles. The SMILES string of the molecule is CCCCCN(C)c1ccc(C(C)NC)cc1Cl. The van der Waals surface area contributed by atoms with Crippen LogP contribution in [0.25, 0.3) is 0 Å². The Morgan fingerprint density at radius 1 is 1.33 bits per heavy atom. The first-order chi connectivity index (χ1) is 8.60. The summed E-state index contributed by atoms with van der Waals surface area (Å²) in [6.45, 7) is 5.42. The van der Waals surface area contributed by atoms with Crippen LogP contribution >= 0.6 is 11.6 Å². The summed E-state index contributed by atoms with van der Waals surface area (Å²) in [5, 5.41) is 4.07. The van der Waals surface area contributed by atoms with Crippen molar-refractivity contribution in [3.05, 3.63) is 28.8 Å². The molecule has 18 heavy (non-hydrogen) atoms. The highest BCUT2D eigenvalue weighted by Gasteiger charge is 2.09. The average Bonchev–Trinajstić information content (AvgIpc) is 2.37. The smallest absolute Gasteiger partial charge is 0.0642 e.